The van der Waals surface area contributed by atoms with Crippen LogP contribution in [0, 0.1) is 22.7 Å². The molecule has 0 amide bonds. The zero-order chi connectivity index (χ0) is 11.4. The lowest BCUT2D eigenvalue weighted by atomic mass is 9.77. The predicted molar refractivity (Wildman–Crippen MR) is 62.9 cm³/mol. The Morgan fingerprint density at radius 1 is 1.71 bits per heavy atom. The number of nitriles is 1. The fourth-order valence-electron chi connectivity index (χ4n) is 0.909. The highest BCUT2D eigenvalue weighted by Gasteiger charge is 2.30. The predicted octanol–water partition coefficient (Wildman–Crippen LogP) is 2.97. The lowest BCUT2D eigenvalue weighted by Crippen LogP contribution is -2.27. The van der Waals surface area contributed by atoms with Crippen molar-refractivity contribution in [3.05, 3.63) is 9.66 Å². The minimum Gasteiger partial charge on any atom is -0.481 e. The second-order valence-electron chi connectivity index (χ2n) is 3.92. The highest BCUT2D eigenvalue weighted by Crippen LogP contribution is 2.31. The molecular weight excluding hydrogens is 293 g/mol. The lowest BCUT2D eigenvalue weighted by molar-refractivity contribution is -0.144. The third kappa shape index (κ3) is 4.09. The molecule has 0 saturated heterocycles. The quantitative estimate of drug-likeness (QED) is 0.641. The molecule has 0 aliphatic carbocycles. The van der Waals surface area contributed by atoms with E-state index in [2.05, 4.69) is 0 Å². The molecule has 78 valence electrons. The maximum Gasteiger partial charge on any atom is 0.306 e. The summed E-state index contributed by atoms with van der Waals surface area (Å²) in [5.74, 6) is -1.21. The van der Waals surface area contributed by atoms with Gasteiger partial charge in [-0.15, -0.1) is 0 Å². The minimum atomic E-state index is -0.796. The van der Waals surface area contributed by atoms with Crippen molar-refractivity contribution < 1.29 is 9.90 Å². The van der Waals surface area contributed by atoms with Crippen LogP contribution in [-0.4, -0.2) is 11.1 Å². The number of carboxylic acid groups (broad SMARTS) is 1. The van der Waals surface area contributed by atoms with Crippen LogP contribution in [0.2, 0.25) is 0 Å². The molecule has 0 aliphatic heterocycles. The van der Waals surface area contributed by atoms with E-state index in [1.54, 1.807) is 13.0 Å². The molecule has 0 aromatic carbocycles. The Morgan fingerprint density at radius 2 is 2.21 bits per heavy atom. The highest BCUT2D eigenvalue weighted by molar-refractivity contribution is 14.1. The van der Waals surface area contributed by atoms with Crippen molar-refractivity contribution in [2.24, 2.45) is 11.3 Å². The van der Waals surface area contributed by atoms with Crippen LogP contribution in [0.15, 0.2) is 9.66 Å². The summed E-state index contributed by atoms with van der Waals surface area (Å²) in [6.07, 6.45) is 2.38. The summed E-state index contributed by atoms with van der Waals surface area (Å²) < 4.78 is 0.605. The Kier molecular flexibility index (Phi) is 5.13. The number of rotatable bonds is 4. The van der Waals surface area contributed by atoms with E-state index in [-0.39, 0.29) is 5.41 Å². The summed E-state index contributed by atoms with van der Waals surface area (Å²) in [7, 11) is 0. The van der Waals surface area contributed by atoms with Crippen molar-refractivity contribution >= 4 is 28.6 Å². The molecule has 4 heteroatoms. The van der Waals surface area contributed by atoms with Gasteiger partial charge in [-0.3, -0.25) is 4.79 Å². The van der Waals surface area contributed by atoms with E-state index in [0.29, 0.717) is 10.0 Å². The van der Waals surface area contributed by atoms with E-state index in [9.17, 15) is 4.79 Å². The molecule has 0 aliphatic rings. The fourth-order valence-corrected chi connectivity index (χ4v) is 1.13. The van der Waals surface area contributed by atoms with E-state index >= 15 is 0 Å². The van der Waals surface area contributed by atoms with Crippen LogP contribution in [0.1, 0.15) is 27.2 Å². The maximum absolute atomic E-state index is 10.8. The van der Waals surface area contributed by atoms with Crippen molar-refractivity contribution in [1.29, 1.82) is 5.26 Å². The summed E-state index contributed by atoms with van der Waals surface area (Å²) in [5.41, 5.74) is -0.320. The number of hydrogen-bond donors (Lipinski definition) is 1. The average molecular weight is 307 g/mol. The molecular formula is C10H14INO2. The van der Waals surface area contributed by atoms with Gasteiger partial charge in [0.05, 0.1) is 9.50 Å². The second-order valence-corrected chi connectivity index (χ2v) is 5.08. The van der Waals surface area contributed by atoms with Crippen LogP contribution in [0.5, 0.6) is 0 Å². The molecule has 0 bridgehead atoms. The summed E-state index contributed by atoms with van der Waals surface area (Å²) in [6, 6.07) is 2.01. The number of allylic oxidation sites excluding steroid dienone is 2. The van der Waals surface area contributed by atoms with Crippen LogP contribution in [0.3, 0.4) is 0 Å². The number of carbonyl (C=O) groups is 1. The van der Waals surface area contributed by atoms with Gasteiger partial charge >= 0.3 is 5.97 Å². The van der Waals surface area contributed by atoms with E-state index in [1.807, 2.05) is 42.5 Å². The summed E-state index contributed by atoms with van der Waals surface area (Å²) in [4.78, 5) is 10.8. The zero-order valence-corrected chi connectivity index (χ0v) is 10.7. The molecule has 0 heterocycles. The summed E-state index contributed by atoms with van der Waals surface area (Å²) in [5, 5.41) is 17.4. The van der Waals surface area contributed by atoms with E-state index < -0.39 is 11.9 Å². The van der Waals surface area contributed by atoms with Gasteiger partial charge in [0.2, 0.25) is 0 Å². The largest absolute Gasteiger partial charge is 0.481 e. The molecule has 1 N–H and O–H groups in total. The molecule has 0 spiro atoms. The molecule has 0 fully saturated rings. The maximum atomic E-state index is 10.8. The van der Waals surface area contributed by atoms with Gasteiger partial charge in [0.25, 0.3) is 0 Å². The Bertz CT molecular complexity index is 289. The molecule has 0 radical (unpaired) electrons. The smallest absolute Gasteiger partial charge is 0.306 e. The number of hydrogen-bond acceptors (Lipinski definition) is 2. The molecule has 0 rings (SSSR count). The minimum absolute atomic E-state index is 0.320. The van der Waals surface area contributed by atoms with Crippen LogP contribution in [0.4, 0.5) is 0 Å². The number of carboxylic acids is 1. The average Bonchev–Trinajstić information content (AvgIpc) is 2.12. The number of halogens is 1. The van der Waals surface area contributed by atoms with Crippen molar-refractivity contribution in [3.8, 4) is 6.07 Å². The summed E-state index contributed by atoms with van der Waals surface area (Å²) in [6.45, 7) is 5.47. The first-order valence-corrected chi connectivity index (χ1v) is 5.37. The van der Waals surface area contributed by atoms with Gasteiger partial charge in [0, 0.05) is 0 Å². The monoisotopic (exact) mass is 307 g/mol. The Labute approximate surface area is 97.9 Å². The molecule has 0 aromatic rings. The van der Waals surface area contributed by atoms with E-state index in [1.165, 1.54) is 0 Å². The molecule has 0 saturated carbocycles. The molecule has 14 heavy (non-hydrogen) atoms. The van der Waals surface area contributed by atoms with E-state index in [4.69, 9.17) is 10.4 Å². The van der Waals surface area contributed by atoms with Gasteiger partial charge in [-0.05, 0) is 34.4 Å². The number of aliphatic carboxylic acids is 1. The van der Waals surface area contributed by atoms with Crippen LogP contribution >= 0.6 is 22.6 Å². The van der Waals surface area contributed by atoms with Crippen molar-refractivity contribution in [3.63, 3.8) is 0 Å². The Hall–Kier alpha value is -0.570. The van der Waals surface area contributed by atoms with Gasteiger partial charge in [-0.1, -0.05) is 26.8 Å². The lowest BCUT2D eigenvalue weighted by Gasteiger charge is -2.27. The van der Waals surface area contributed by atoms with Crippen molar-refractivity contribution in [1.82, 2.24) is 0 Å². The Balaban J connectivity index is 4.51. The first-order valence-electron chi connectivity index (χ1n) is 4.30. The van der Waals surface area contributed by atoms with Crippen molar-refractivity contribution in [2.45, 2.75) is 27.2 Å². The van der Waals surface area contributed by atoms with Gasteiger partial charge in [0.15, 0.2) is 0 Å². The van der Waals surface area contributed by atoms with E-state index in [0.717, 1.165) is 0 Å². The molecule has 0 aromatic heterocycles. The first kappa shape index (κ1) is 13.4. The topological polar surface area (TPSA) is 61.1 Å². The van der Waals surface area contributed by atoms with Crippen molar-refractivity contribution in [2.75, 3.05) is 0 Å². The second kappa shape index (κ2) is 5.35. The molecule has 1 unspecified atom stereocenters. The van der Waals surface area contributed by atoms with Crippen LogP contribution in [-0.2, 0) is 4.79 Å². The SMILES string of the molecule is CC(C(=O)O)C(C)(C)C/C=C(\I)C#N. The summed E-state index contributed by atoms with van der Waals surface area (Å²) >= 11 is 1.94. The normalized spacial score (nSPS) is 14.6. The van der Waals surface area contributed by atoms with Crippen LogP contribution in [0.25, 0.3) is 0 Å². The number of nitrogens with zero attached hydrogens (tertiary/aromatic N) is 1. The van der Waals surface area contributed by atoms with Gasteiger partial charge in [-0.25, -0.2) is 0 Å². The Morgan fingerprint density at radius 3 is 2.57 bits per heavy atom. The van der Waals surface area contributed by atoms with Gasteiger partial charge in [-0.2, -0.15) is 5.26 Å². The zero-order valence-electron chi connectivity index (χ0n) is 8.54. The van der Waals surface area contributed by atoms with Gasteiger partial charge in [0.1, 0.15) is 6.07 Å². The molecule has 1 atom stereocenters. The van der Waals surface area contributed by atoms with Gasteiger partial charge < -0.3 is 5.11 Å². The third-order valence-corrected chi connectivity index (χ3v) is 3.14. The standard InChI is InChI=1S/C10H14INO2/c1-7(9(13)14)10(2,3)5-4-8(11)6-12/h4,7H,5H2,1-3H3,(H,13,14)/b8-4-. The third-order valence-electron chi connectivity index (χ3n) is 2.46. The fraction of sp³-hybridized carbons (Fsp3) is 0.600. The highest BCUT2D eigenvalue weighted by atomic mass is 127. The first-order chi connectivity index (χ1) is 6.31. The molecule has 3 nitrogen and oxygen atoms in total. The van der Waals surface area contributed by atoms with Crippen LogP contribution < -0.4 is 0 Å².